The molecular weight excluding hydrogens is 592 g/mol. The fraction of sp³-hybridized carbons (Fsp3) is 0.615. The Kier molecular flexibility index (Phi) is 12.2. The maximum atomic E-state index is 11.7. The number of halogens is 1. The highest BCUT2D eigenvalue weighted by molar-refractivity contribution is 6.30. The number of nitrogens with zero attached hydrogens (tertiary/aromatic N) is 4. The van der Waals surface area contributed by atoms with E-state index >= 15 is 0 Å². The largest absolute Gasteiger partial charge is 0.390 e. The third-order valence-electron chi connectivity index (χ3n) is 10.9. The van der Waals surface area contributed by atoms with E-state index in [2.05, 4.69) is 83.9 Å². The molecule has 252 valence electrons. The number of hydrogen-bond donors (Lipinski definition) is 1. The van der Waals surface area contributed by atoms with Crippen LogP contribution >= 0.6 is 11.6 Å². The van der Waals surface area contributed by atoms with E-state index in [0.29, 0.717) is 10.9 Å². The molecule has 0 unspecified atom stereocenters. The highest BCUT2D eigenvalue weighted by Crippen LogP contribution is 2.62. The van der Waals surface area contributed by atoms with Gasteiger partial charge in [-0.1, -0.05) is 77.7 Å². The normalized spacial score (nSPS) is 27.4. The summed E-state index contributed by atoms with van der Waals surface area (Å²) in [5.74, 6) is 0.668. The molecule has 2 fully saturated rings. The predicted molar refractivity (Wildman–Crippen MR) is 191 cm³/mol. The van der Waals surface area contributed by atoms with Crippen LogP contribution in [0.2, 0.25) is 5.02 Å². The van der Waals surface area contributed by atoms with E-state index in [4.69, 9.17) is 21.6 Å². The Morgan fingerprint density at radius 3 is 2.30 bits per heavy atom. The lowest BCUT2D eigenvalue weighted by Crippen LogP contribution is -2.59. The highest BCUT2D eigenvalue weighted by Gasteiger charge is 2.59. The molecule has 4 atom stereocenters. The van der Waals surface area contributed by atoms with Crippen LogP contribution in [-0.2, 0) is 11.4 Å². The van der Waals surface area contributed by atoms with Crippen molar-refractivity contribution in [1.29, 1.82) is 0 Å². The van der Waals surface area contributed by atoms with Crippen molar-refractivity contribution in [1.82, 2.24) is 15.0 Å². The Hall–Kier alpha value is -2.70. The van der Waals surface area contributed by atoms with Crippen molar-refractivity contribution in [2.24, 2.45) is 27.8 Å². The number of rotatable bonds is 13. The van der Waals surface area contributed by atoms with Gasteiger partial charge >= 0.3 is 0 Å². The molecule has 1 heterocycles. The molecule has 0 bridgehead atoms. The van der Waals surface area contributed by atoms with Crippen molar-refractivity contribution in [2.75, 3.05) is 0 Å². The van der Waals surface area contributed by atoms with E-state index in [-0.39, 0.29) is 23.4 Å². The van der Waals surface area contributed by atoms with E-state index < -0.39 is 5.60 Å². The summed E-state index contributed by atoms with van der Waals surface area (Å²) in [6.45, 7) is 18.3. The smallest absolute Gasteiger partial charge is 0.162 e. The first kappa shape index (κ1) is 36.1. The van der Waals surface area contributed by atoms with E-state index in [1.807, 2.05) is 30.5 Å². The molecule has 1 aromatic heterocycles. The fourth-order valence-corrected chi connectivity index (χ4v) is 8.36. The Morgan fingerprint density at radius 1 is 0.978 bits per heavy atom. The topological polar surface area (TPSA) is 72.5 Å². The van der Waals surface area contributed by atoms with E-state index in [9.17, 15) is 5.11 Å². The van der Waals surface area contributed by atoms with Crippen molar-refractivity contribution in [3.63, 3.8) is 0 Å². The second-order valence-electron chi connectivity index (χ2n) is 15.2. The van der Waals surface area contributed by atoms with Crippen LogP contribution in [-0.4, -0.2) is 31.4 Å². The van der Waals surface area contributed by atoms with Gasteiger partial charge in [-0.25, -0.2) is 4.68 Å². The van der Waals surface area contributed by atoms with Crippen LogP contribution in [0.3, 0.4) is 0 Å². The zero-order valence-corrected chi connectivity index (χ0v) is 30.3. The summed E-state index contributed by atoms with van der Waals surface area (Å²) in [6, 6.07) is 7.48. The van der Waals surface area contributed by atoms with Crippen molar-refractivity contribution < 1.29 is 9.94 Å². The first-order chi connectivity index (χ1) is 21.7. The maximum absolute atomic E-state index is 11.7. The SMILES string of the molecule is CC(C)=CCC/C(C)=C/CC/C(C)=C/CC[C@@H]1[C@@]2(C)CC/C(=N\OCc3cn(-c4ccc(Cl)cc4)nn3)C(C)(C)[C@@H]2CC[C@@]1(C)O. The lowest BCUT2D eigenvalue weighted by atomic mass is 9.44. The summed E-state index contributed by atoms with van der Waals surface area (Å²) in [6.07, 6.45) is 19.2. The van der Waals surface area contributed by atoms with Crippen LogP contribution in [0.4, 0.5) is 0 Å². The maximum Gasteiger partial charge on any atom is 0.162 e. The van der Waals surface area contributed by atoms with Gasteiger partial charge in [-0.15, -0.1) is 5.10 Å². The van der Waals surface area contributed by atoms with Crippen molar-refractivity contribution in [2.45, 2.75) is 132 Å². The molecule has 2 aliphatic rings. The number of allylic oxidation sites excluding steroid dienone is 6. The molecule has 46 heavy (non-hydrogen) atoms. The van der Waals surface area contributed by atoms with Gasteiger partial charge in [0.05, 0.1) is 23.2 Å². The zero-order valence-electron chi connectivity index (χ0n) is 29.6. The van der Waals surface area contributed by atoms with Crippen LogP contribution in [0, 0.1) is 22.7 Å². The average Bonchev–Trinajstić information content (AvgIpc) is 3.44. The Bertz CT molecular complexity index is 1430. The molecule has 2 saturated carbocycles. The molecule has 4 rings (SSSR count). The van der Waals surface area contributed by atoms with Crippen LogP contribution < -0.4 is 0 Å². The first-order valence-corrected chi connectivity index (χ1v) is 17.6. The third kappa shape index (κ3) is 9.01. The molecule has 7 heteroatoms. The Labute approximate surface area is 283 Å². The number of hydrogen-bond acceptors (Lipinski definition) is 5. The summed E-state index contributed by atoms with van der Waals surface area (Å²) in [5.41, 5.74) is 6.32. The second kappa shape index (κ2) is 15.5. The summed E-state index contributed by atoms with van der Waals surface area (Å²) in [5, 5.41) is 25.6. The van der Waals surface area contributed by atoms with E-state index in [0.717, 1.165) is 81.3 Å². The molecule has 1 N–H and O–H groups in total. The minimum absolute atomic E-state index is 0.0401. The first-order valence-electron chi connectivity index (χ1n) is 17.3. The number of aromatic nitrogens is 3. The molecule has 0 spiro atoms. The van der Waals surface area contributed by atoms with Gasteiger partial charge in [0.15, 0.2) is 6.61 Å². The summed E-state index contributed by atoms with van der Waals surface area (Å²) < 4.78 is 1.72. The number of fused-ring (bicyclic) bond motifs is 1. The molecular formula is C39H57ClN4O2. The molecule has 2 aliphatic carbocycles. The highest BCUT2D eigenvalue weighted by atomic mass is 35.5. The Morgan fingerprint density at radius 2 is 1.63 bits per heavy atom. The van der Waals surface area contributed by atoms with Gasteiger partial charge in [0.2, 0.25) is 0 Å². The molecule has 1 aromatic carbocycles. The molecule has 0 aliphatic heterocycles. The van der Waals surface area contributed by atoms with Crippen LogP contribution in [0.15, 0.2) is 70.6 Å². The summed E-state index contributed by atoms with van der Waals surface area (Å²) in [7, 11) is 0. The minimum Gasteiger partial charge on any atom is -0.390 e. The Balaban J connectivity index is 1.34. The summed E-state index contributed by atoms with van der Waals surface area (Å²) in [4.78, 5) is 5.90. The standard InChI is InChI=1S/C39H57ClN4O2/c1-28(2)12-9-13-29(3)14-10-15-30(4)16-11-17-35-38(7)24-23-36(37(5,6)34(38)22-25-39(35,8)45)42-46-27-32-26-44(43-41-32)33-20-18-31(40)19-21-33/h12,14,16,18-21,26,34-35,45H,9-11,13,15,17,22-25,27H2,1-8H3/b29-14+,30-16+,42-36+/t34-,35+,38-,39+/m0/s1. The van der Waals surface area contributed by atoms with E-state index in [1.165, 1.54) is 16.7 Å². The lowest BCUT2D eigenvalue weighted by Gasteiger charge is -2.61. The quantitative estimate of drug-likeness (QED) is 0.173. The van der Waals surface area contributed by atoms with Crippen LogP contribution in [0.1, 0.15) is 125 Å². The monoisotopic (exact) mass is 648 g/mol. The number of benzene rings is 1. The van der Waals surface area contributed by atoms with Gasteiger partial charge in [0, 0.05) is 10.4 Å². The zero-order chi connectivity index (χ0) is 33.5. The lowest BCUT2D eigenvalue weighted by molar-refractivity contribution is -0.150. The van der Waals surface area contributed by atoms with Gasteiger partial charge in [-0.2, -0.15) is 0 Å². The van der Waals surface area contributed by atoms with Gasteiger partial charge in [0.1, 0.15) is 5.69 Å². The average molecular weight is 649 g/mol. The second-order valence-corrected chi connectivity index (χ2v) is 15.6. The van der Waals surface area contributed by atoms with Gasteiger partial charge in [0.25, 0.3) is 0 Å². The van der Waals surface area contributed by atoms with Gasteiger partial charge in [-0.3, -0.25) is 0 Å². The molecule has 6 nitrogen and oxygen atoms in total. The molecule has 0 saturated heterocycles. The van der Waals surface area contributed by atoms with Gasteiger partial charge in [-0.05, 0) is 140 Å². The van der Waals surface area contributed by atoms with Crippen LogP contribution in [0.25, 0.3) is 5.69 Å². The molecule has 0 amide bonds. The van der Waals surface area contributed by atoms with Crippen molar-refractivity contribution in [3.05, 3.63) is 76.1 Å². The number of aliphatic hydroxyl groups is 1. The van der Waals surface area contributed by atoms with E-state index in [1.54, 1.807) is 4.68 Å². The molecule has 0 radical (unpaired) electrons. The molecule has 2 aromatic rings. The number of oxime groups is 1. The third-order valence-corrected chi connectivity index (χ3v) is 11.1. The van der Waals surface area contributed by atoms with Crippen molar-refractivity contribution >= 4 is 17.3 Å². The van der Waals surface area contributed by atoms with Crippen molar-refractivity contribution in [3.8, 4) is 5.69 Å². The predicted octanol–water partition coefficient (Wildman–Crippen LogP) is 10.6. The minimum atomic E-state index is -0.657. The van der Waals surface area contributed by atoms with Crippen LogP contribution in [0.5, 0.6) is 0 Å². The fourth-order valence-electron chi connectivity index (χ4n) is 8.24. The van der Waals surface area contributed by atoms with Gasteiger partial charge < -0.3 is 9.94 Å². The summed E-state index contributed by atoms with van der Waals surface area (Å²) >= 11 is 6.02.